The van der Waals surface area contributed by atoms with E-state index >= 15 is 0 Å². The van der Waals surface area contributed by atoms with Crippen LogP contribution in [0.25, 0.3) is 11.3 Å². The third-order valence-corrected chi connectivity index (χ3v) is 4.79. The van der Waals surface area contributed by atoms with E-state index < -0.39 is 10.0 Å². The maximum Gasteiger partial charge on any atom is 0.266 e. The highest BCUT2D eigenvalue weighted by Crippen LogP contribution is 2.28. The molecule has 3 rings (SSSR count). The Labute approximate surface area is 140 Å². The molecule has 8 heteroatoms. The molecule has 126 valence electrons. The molecule has 7 nitrogen and oxygen atoms in total. The second-order valence-electron chi connectivity index (χ2n) is 5.71. The first-order valence-corrected chi connectivity index (χ1v) is 8.96. The molecule has 1 aromatic carbocycles. The second-order valence-corrected chi connectivity index (χ2v) is 7.36. The van der Waals surface area contributed by atoms with Crippen LogP contribution in [0.15, 0.2) is 52.0 Å². The Bertz CT molecular complexity index is 943. The molecule has 24 heavy (non-hydrogen) atoms. The van der Waals surface area contributed by atoms with Crippen LogP contribution in [0.2, 0.25) is 0 Å². The number of sulfonamides is 1. The number of hydrogen-bond acceptors (Lipinski definition) is 5. The minimum atomic E-state index is -3.85. The van der Waals surface area contributed by atoms with Crippen LogP contribution in [0, 0.1) is 6.92 Å². The molecular formula is C16H18N4O3S. The van der Waals surface area contributed by atoms with Crippen molar-refractivity contribution in [3.63, 3.8) is 0 Å². The zero-order valence-corrected chi connectivity index (χ0v) is 14.4. The van der Waals surface area contributed by atoms with Gasteiger partial charge in [-0.3, -0.25) is 9.40 Å². The molecule has 0 unspecified atom stereocenters. The van der Waals surface area contributed by atoms with Gasteiger partial charge in [-0.1, -0.05) is 35.5 Å². The van der Waals surface area contributed by atoms with Gasteiger partial charge in [-0.25, -0.2) is 8.42 Å². The molecule has 0 spiro atoms. The molecule has 2 heterocycles. The van der Waals surface area contributed by atoms with Gasteiger partial charge in [0.1, 0.15) is 16.3 Å². The van der Waals surface area contributed by atoms with Crippen molar-refractivity contribution in [2.24, 2.45) is 0 Å². The number of nitrogens with one attached hydrogen (secondary N) is 1. The first-order valence-electron chi connectivity index (χ1n) is 7.47. The highest BCUT2D eigenvalue weighted by Gasteiger charge is 2.25. The van der Waals surface area contributed by atoms with Crippen molar-refractivity contribution in [1.82, 2.24) is 14.9 Å². The lowest BCUT2D eigenvalue weighted by molar-refractivity contribution is 0.400. The molecule has 1 N–H and O–H groups in total. The minimum Gasteiger partial charge on any atom is -0.360 e. The van der Waals surface area contributed by atoms with Crippen LogP contribution in [-0.4, -0.2) is 23.4 Å². The number of rotatable bonds is 5. The summed E-state index contributed by atoms with van der Waals surface area (Å²) >= 11 is 0. The predicted molar refractivity (Wildman–Crippen MR) is 90.1 cm³/mol. The van der Waals surface area contributed by atoms with Gasteiger partial charge in [-0.2, -0.15) is 5.10 Å². The van der Waals surface area contributed by atoms with Crippen molar-refractivity contribution in [2.75, 3.05) is 4.72 Å². The van der Waals surface area contributed by atoms with Gasteiger partial charge in [0.2, 0.25) is 0 Å². The monoisotopic (exact) mass is 346 g/mol. The summed E-state index contributed by atoms with van der Waals surface area (Å²) in [6.45, 7) is 5.57. The summed E-state index contributed by atoms with van der Waals surface area (Å²) < 4.78 is 34.6. The normalized spacial score (nSPS) is 11.8. The maximum atomic E-state index is 12.8. The Hall–Kier alpha value is -2.61. The van der Waals surface area contributed by atoms with Crippen LogP contribution in [0.3, 0.4) is 0 Å². The molecule has 0 atom stereocenters. The van der Waals surface area contributed by atoms with Crippen LogP contribution in [0.5, 0.6) is 0 Å². The molecule has 0 saturated heterocycles. The van der Waals surface area contributed by atoms with E-state index in [9.17, 15) is 8.42 Å². The largest absolute Gasteiger partial charge is 0.360 e. The smallest absolute Gasteiger partial charge is 0.266 e. The van der Waals surface area contributed by atoms with Gasteiger partial charge in [0.05, 0.1) is 0 Å². The van der Waals surface area contributed by atoms with Crippen LogP contribution in [-0.2, 0) is 10.0 Å². The molecule has 0 amide bonds. The van der Waals surface area contributed by atoms with Crippen molar-refractivity contribution >= 4 is 15.8 Å². The summed E-state index contributed by atoms with van der Waals surface area (Å²) in [6, 6.07) is 10.8. The summed E-state index contributed by atoms with van der Waals surface area (Å²) in [5, 5.41) is 8.13. The molecule has 0 bridgehead atoms. The number of anilines is 1. The fourth-order valence-corrected chi connectivity index (χ4v) is 3.38. The standard InChI is InChI=1S/C16H18N4O3S/c1-11(2)20-10-14(16(17-20)13-7-5-4-6-8-13)24(21,22)19-15-9-12(3)23-18-15/h4-11H,1-3H3,(H,18,19). The van der Waals surface area contributed by atoms with Gasteiger partial charge < -0.3 is 4.52 Å². The minimum absolute atomic E-state index is 0.0331. The maximum absolute atomic E-state index is 12.8. The van der Waals surface area contributed by atoms with E-state index in [2.05, 4.69) is 15.0 Å². The fourth-order valence-electron chi connectivity index (χ4n) is 2.24. The lowest BCUT2D eigenvalue weighted by atomic mass is 10.2. The second kappa shape index (κ2) is 6.12. The Morgan fingerprint density at radius 3 is 2.50 bits per heavy atom. The lowest BCUT2D eigenvalue weighted by Gasteiger charge is -2.05. The molecule has 0 aliphatic rings. The van der Waals surface area contributed by atoms with Gasteiger partial charge >= 0.3 is 0 Å². The molecule has 0 fully saturated rings. The summed E-state index contributed by atoms with van der Waals surface area (Å²) in [4.78, 5) is 0.100. The molecule has 3 aromatic rings. The molecule has 2 aromatic heterocycles. The Kier molecular flexibility index (Phi) is 4.15. The summed E-state index contributed by atoms with van der Waals surface area (Å²) in [6.07, 6.45) is 1.53. The molecular weight excluding hydrogens is 328 g/mol. The number of hydrogen-bond donors (Lipinski definition) is 1. The predicted octanol–water partition coefficient (Wildman–Crippen LogP) is 3.23. The van der Waals surface area contributed by atoms with Crippen molar-refractivity contribution in [3.8, 4) is 11.3 Å². The SMILES string of the molecule is Cc1cc(NS(=O)(=O)c2cn(C(C)C)nc2-c2ccccc2)no1. The highest BCUT2D eigenvalue weighted by atomic mass is 32.2. The van der Waals surface area contributed by atoms with Crippen LogP contribution in [0.4, 0.5) is 5.82 Å². The van der Waals surface area contributed by atoms with Gasteiger partial charge in [-0.15, -0.1) is 0 Å². The number of nitrogens with zero attached hydrogens (tertiary/aromatic N) is 3. The zero-order chi connectivity index (χ0) is 17.3. The lowest BCUT2D eigenvalue weighted by Crippen LogP contribution is -2.13. The van der Waals surface area contributed by atoms with E-state index in [1.54, 1.807) is 11.6 Å². The topological polar surface area (TPSA) is 90.0 Å². The van der Waals surface area contributed by atoms with Crippen LogP contribution >= 0.6 is 0 Å². The van der Waals surface area contributed by atoms with E-state index in [0.717, 1.165) is 5.56 Å². The summed E-state index contributed by atoms with van der Waals surface area (Å²) in [5.41, 5.74) is 1.13. The van der Waals surface area contributed by atoms with Gasteiger partial charge in [-0.05, 0) is 20.8 Å². The Morgan fingerprint density at radius 2 is 1.92 bits per heavy atom. The van der Waals surface area contributed by atoms with E-state index in [-0.39, 0.29) is 16.8 Å². The van der Waals surface area contributed by atoms with Crippen molar-refractivity contribution < 1.29 is 12.9 Å². The van der Waals surface area contributed by atoms with E-state index in [0.29, 0.717) is 11.5 Å². The van der Waals surface area contributed by atoms with Gasteiger partial charge in [0.25, 0.3) is 10.0 Å². The van der Waals surface area contributed by atoms with Gasteiger partial charge in [0, 0.05) is 23.9 Å². The third-order valence-electron chi connectivity index (χ3n) is 3.43. The van der Waals surface area contributed by atoms with Crippen LogP contribution in [0.1, 0.15) is 25.6 Å². The number of benzene rings is 1. The Morgan fingerprint density at radius 1 is 1.21 bits per heavy atom. The van der Waals surface area contributed by atoms with E-state index in [4.69, 9.17) is 4.52 Å². The summed E-state index contributed by atoms with van der Waals surface area (Å²) in [5.74, 6) is 0.665. The Balaban J connectivity index is 2.08. The molecule has 0 aliphatic heterocycles. The van der Waals surface area contributed by atoms with E-state index in [1.807, 2.05) is 44.2 Å². The zero-order valence-electron chi connectivity index (χ0n) is 13.6. The van der Waals surface area contributed by atoms with Crippen molar-refractivity contribution in [1.29, 1.82) is 0 Å². The van der Waals surface area contributed by atoms with Crippen molar-refractivity contribution in [3.05, 3.63) is 48.4 Å². The third kappa shape index (κ3) is 3.18. The average molecular weight is 346 g/mol. The van der Waals surface area contributed by atoms with E-state index in [1.165, 1.54) is 12.3 Å². The average Bonchev–Trinajstić information content (AvgIpc) is 3.15. The first kappa shape index (κ1) is 16.3. The number of aryl methyl sites for hydroxylation is 1. The number of aromatic nitrogens is 3. The van der Waals surface area contributed by atoms with Crippen LogP contribution < -0.4 is 4.72 Å². The highest BCUT2D eigenvalue weighted by molar-refractivity contribution is 7.92. The van der Waals surface area contributed by atoms with Gasteiger partial charge in [0.15, 0.2) is 5.82 Å². The van der Waals surface area contributed by atoms with Crippen molar-refractivity contribution in [2.45, 2.75) is 31.7 Å². The fraction of sp³-hybridized carbons (Fsp3) is 0.250. The quantitative estimate of drug-likeness (QED) is 0.766. The molecule has 0 aliphatic carbocycles. The molecule has 0 radical (unpaired) electrons. The molecule has 0 saturated carbocycles. The summed E-state index contributed by atoms with van der Waals surface area (Å²) in [7, 11) is -3.85. The first-order chi connectivity index (χ1) is 11.4.